The van der Waals surface area contributed by atoms with Gasteiger partial charge in [-0.2, -0.15) is 0 Å². The summed E-state index contributed by atoms with van der Waals surface area (Å²) >= 11 is 1.05. The van der Waals surface area contributed by atoms with E-state index in [2.05, 4.69) is 39.6 Å². The molecule has 0 spiro atoms. The Kier molecular flexibility index (Phi) is 9.44. The van der Waals surface area contributed by atoms with Crippen LogP contribution in [0.1, 0.15) is 25.7 Å². The van der Waals surface area contributed by atoms with E-state index in [1.165, 1.54) is 11.4 Å². The van der Waals surface area contributed by atoms with E-state index in [9.17, 15) is 19.8 Å². The molecule has 4 atom stereocenters. The third kappa shape index (κ3) is 6.49. The SMILES string of the molecule is CN1CC=CC2=C1C1C[C@H](NC(O)[C@H](CC[CH2][AlH2])CC(=O)O)C(=O)NCCOCCN2C1. The van der Waals surface area contributed by atoms with Crippen molar-refractivity contribution in [2.24, 2.45) is 11.8 Å². The van der Waals surface area contributed by atoms with Gasteiger partial charge in [-0.1, -0.05) is 12.5 Å². The topological polar surface area (TPSA) is 114 Å². The number of aliphatic hydroxyl groups is 1. The monoisotopic (exact) mass is 464 g/mol. The number of nitrogens with zero attached hydrogens (tertiary/aromatic N) is 2. The van der Waals surface area contributed by atoms with Crippen molar-refractivity contribution in [1.29, 1.82) is 0 Å². The highest BCUT2D eigenvalue weighted by atomic mass is 27.0. The number of aliphatic hydroxyl groups excluding tert-OH is 1. The van der Waals surface area contributed by atoms with Gasteiger partial charge in [0.2, 0.25) is 22.2 Å². The lowest BCUT2D eigenvalue weighted by atomic mass is 9.93. The number of rotatable bonds is 8. The molecule has 1 fully saturated rings. The first-order valence-corrected chi connectivity index (χ1v) is 13.2. The summed E-state index contributed by atoms with van der Waals surface area (Å²) in [5.41, 5.74) is 2.40. The zero-order chi connectivity index (χ0) is 23.1. The molecule has 3 aliphatic rings. The molecule has 4 N–H and O–H groups in total. The maximum Gasteiger partial charge on any atom is 0.303 e. The molecule has 2 unspecified atom stereocenters. The molecule has 3 rings (SSSR count). The molecule has 2 bridgehead atoms. The van der Waals surface area contributed by atoms with E-state index in [0.717, 1.165) is 47.6 Å². The second-order valence-electron chi connectivity index (χ2n) is 9.00. The fourth-order valence-corrected chi connectivity index (χ4v) is 5.33. The maximum absolute atomic E-state index is 13.0. The molecule has 0 aromatic carbocycles. The number of carbonyl (C=O) groups is 2. The minimum absolute atomic E-state index is 0.113. The van der Waals surface area contributed by atoms with Crippen molar-refractivity contribution >= 4 is 28.2 Å². The number of hydrogen-bond acceptors (Lipinski definition) is 7. The molecule has 10 heteroatoms. The average Bonchev–Trinajstić information content (AvgIpc) is 3.10. The molecule has 9 nitrogen and oxygen atoms in total. The van der Waals surface area contributed by atoms with E-state index in [1.54, 1.807) is 0 Å². The Morgan fingerprint density at radius 3 is 3.00 bits per heavy atom. The zero-order valence-electron chi connectivity index (χ0n) is 19.3. The van der Waals surface area contributed by atoms with Crippen LogP contribution < -0.4 is 10.6 Å². The molecular weight excluding hydrogens is 427 g/mol. The van der Waals surface area contributed by atoms with Gasteiger partial charge >= 0.3 is 5.97 Å². The van der Waals surface area contributed by atoms with Crippen LogP contribution in [-0.4, -0.2) is 107 Å². The Hall–Kier alpha value is -1.57. The fraction of sp³-hybridized carbons (Fsp3) is 0.727. The van der Waals surface area contributed by atoms with Crippen LogP contribution in [0.25, 0.3) is 0 Å². The highest BCUT2D eigenvalue weighted by Crippen LogP contribution is 2.36. The maximum atomic E-state index is 13.0. The van der Waals surface area contributed by atoms with E-state index < -0.39 is 24.2 Å². The van der Waals surface area contributed by atoms with Crippen molar-refractivity contribution < 1.29 is 24.5 Å². The van der Waals surface area contributed by atoms with E-state index in [1.807, 2.05) is 0 Å². The number of carboxylic acid groups (broad SMARTS) is 1. The number of allylic oxidation sites excluding steroid dienone is 1. The summed E-state index contributed by atoms with van der Waals surface area (Å²) in [5, 5.41) is 27.3. The molecular formula is C22H37AlN4O5. The van der Waals surface area contributed by atoms with E-state index >= 15 is 0 Å². The number of aliphatic carboxylic acids is 1. The van der Waals surface area contributed by atoms with Gasteiger partial charge in [-0.3, -0.25) is 14.9 Å². The first kappa shape index (κ1) is 25.1. The normalized spacial score (nSPS) is 26.1. The van der Waals surface area contributed by atoms with E-state index in [-0.39, 0.29) is 18.2 Å². The van der Waals surface area contributed by atoms with Crippen LogP contribution >= 0.6 is 0 Å². The summed E-state index contributed by atoms with van der Waals surface area (Å²) in [6.45, 7) is 3.86. The third-order valence-corrected chi connectivity index (χ3v) is 7.28. The lowest BCUT2D eigenvalue weighted by Gasteiger charge is -2.31. The highest BCUT2D eigenvalue weighted by molar-refractivity contribution is 6.08. The Balaban J connectivity index is 1.79. The summed E-state index contributed by atoms with van der Waals surface area (Å²) in [4.78, 5) is 28.9. The minimum Gasteiger partial charge on any atom is -0.481 e. The van der Waals surface area contributed by atoms with Crippen molar-refractivity contribution in [1.82, 2.24) is 20.4 Å². The number of carboxylic acids is 1. The third-order valence-electron chi connectivity index (χ3n) is 6.57. The number of hydrogen-bond donors (Lipinski definition) is 4. The van der Waals surface area contributed by atoms with Gasteiger partial charge < -0.3 is 30.1 Å². The number of nitrogens with one attached hydrogen (secondary N) is 2. The highest BCUT2D eigenvalue weighted by Gasteiger charge is 2.37. The van der Waals surface area contributed by atoms with Gasteiger partial charge in [-0.15, -0.1) is 5.28 Å². The largest absolute Gasteiger partial charge is 0.481 e. The second kappa shape index (κ2) is 12.1. The predicted octanol–water partition coefficient (Wildman–Crippen LogP) is -0.633. The molecule has 0 aromatic rings. The van der Waals surface area contributed by atoms with E-state index in [4.69, 9.17) is 4.74 Å². The van der Waals surface area contributed by atoms with Gasteiger partial charge in [-0.05, 0) is 18.9 Å². The molecule has 0 aliphatic carbocycles. The Morgan fingerprint density at radius 1 is 1.44 bits per heavy atom. The number of likely N-dealkylation sites (N-methyl/N-ethyl adjacent to an activating group) is 1. The van der Waals surface area contributed by atoms with Crippen molar-refractivity contribution in [2.75, 3.05) is 46.4 Å². The van der Waals surface area contributed by atoms with Crippen molar-refractivity contribution in [3.63, 3.8) is 0 Å². The van der Waals surface area contributed by atoms with Crippen LogP contribution in [0.3, 0.4) is 0 Å². The molecule has 1 saturated heterocycles. The van der Waals surface area contributed by atoms with Crippen LogP contribution in [0.15, 0.2) is 23.5 Å². The quantitative estimate of drug-likeness (QED) is 0.277. The van der Waals surface area contributed by atoms with Gasteiger partial charge in [0, 0.05) is 50.8 Å². The Bertz CT molecular complexity index is 731. The molecule has 3 aliphatic heterocycles. The van der Waals surface area contributed by atoms with Gasteiger partial charge in [0.05, 0.1) is 31.4 Å². The molecule has 0 radical (unpaired) electrons. The number of ether oxygens (including phenoxy) is 1. The number of carbonyl (C=O) groups excluding carboxylic acids is 1. The summed E-state index contributed by atoms with van der Waals surface area (Å²) in [7, 11) is 2.07. The second-order valence-corrected chi connectivity index (χ2v) is 10.00. The van der Waals surface area contributed by atoms with Crippen LogP contribution in [0, 0.1) is 11.8 Å². The van der Waals surface area contributed by atoms with Gasteiger partial charge in [-0.25, -0.2) is 0 Å². The number of amides is 1. The van der Waals surface area contributed by atoms with Gasteiger partial charge in [0.25, 0.3) is 0 Å². The van der Waals surface area contributed by atoms with Crippen LogP contribution in [-0.2, 0) is 14.3 Å². The lowest BCUT2D eigenvalue weighted by molar-refractivity contribution is -0.139. The smallest absolute Gasteiger partial charge is 0.303 e. The molecule has 178 valence electrons. The molecule has 0 aromatic heterocycles. The van der Waals surface area contributed by atoms with Crippen LogP contribution in [0.5, 0.6) is 0 Å². The lowest BCUT2D eigenvalue weighted by Crippen LogP contribution is -2.52. The van der Waals surface area contributed by atoms with Crippen molar-refractivity contribution in [3.8, 4) is 0 Å². The summed E-state index contributed by atoms with van der Waals surface area (Å²) in [5.74, 6) is -1.40. The Labute approximate surface area is 198 Å². The Morgan fingerprint density at radius 2 is 2.25 bits per heavy atom. The first-order valence-electron chi connectivity index (χ1n) is 11.8. The van der Waals surface area contributed by atoms with Crippen LogP contribution in [0.4, 0.5) is 0 Å². The average molecular weight is 465 g/mol. The molecule has 1 amide bonds. The predicted molar refractivity (Wildman–Crippen MR) is 124 cm³/mol. The van der Waals surface area contributed by atoms with Crippen LogP contribution in [0.2, 0.25) is 5.28 Å². The summed E-state index contributed by atoms with van der Waals surface area (Å²) in [6, 6.07) is -0.616. The summed E-state index contributed by atoms with van der Waals surface area (Å²) in [6.07, 6.45) is 5.20. The standard InChI is InChI=1S/C22H35N4O5.Al.2H/c1-3-5-15(13-19(27)28)21(29)24-17-12-16-14-26(9-11-31-10-7-23-22(17)30)18-6-4-8-25(2)20(16)18;;;/h4,6,15-17,21,24,29H,1,3,5,7-14H2,2H3,(H,23,30)(H,27,28);;;/t15-,16?,17+,21?;;;/m1.../s1. The molecule has 0 saturated carbocycles. The fourth-order valence-electron chi connectivity index (χ4n) is 4.92. The molecule has 3 heterocycles. The molecule has 32 heavy (non-hydrogen) atoms. The minimum atomic E-state index is -1.05. The van der Waals surface area contributed by atoms with Gasteiger partial charge in [0.15, 0.2) is 0 Å². The number of fused-ring (bicyclic) bond motifs is 4. The summed E-state index contributed by atoms with van der Waals surface area (Å²) < 4.78 is 5.71. The van der Waals surface area contributed by atoms with Crippen molar-refractivity contribution in [2.45, 2.75) is 43.2 Å². The van der Waals surface area contributed by atoms with Crippen molar-refractivity contribution in [3.05, 3.63) is 23.5 Å². The zero-order valence-corrected chi connectivity index (χ0v) is 21.3. The van der Waals surface area contributed by atoms with Gasteiger partial charge in [0.1, 0.15) is 6.23 Å². The van der Waals surface area contributed by atoms with E-state index in [0.29, 0.717) is 32.6 Å². The first-order chi connectivity index (χ1) is 15.4.